The first-order chi connectivity index (χ1) is 22.0. The number of hydrogen-bond acceptors (Lipinski definition) is 6. The number of carboxylic acids is 1. The summed E-state index contributed by atoms with van der Waals surface area (Å²) in [6.07, 6.45) is 0.229. The van der Waals surface area contributed by atoms with Crippen molar-refractivity contribution in [3.63, 3.8) is 0 Å². The molecule has 5 aromatic carbocycles. The number of carboxylic acid groups (broad SMARTS) is 1. The van der Waals surface area contributed by atoms with Crippen LogP contribution >= 0.6 is 0 Å². The zero-order valence-electron chi connectivity index (χ0n) is 25.1. The molecule has 0 fully saturated rings. The number of benzene rings is 5. The van der Waals surface area contributed by atoms with Gasteiger partial charge in [0.15, 0.2) is 5.78 Å². The highest BCUT2D eigenvalue weighted by atomic mass is 16.5. The molecule has 5 aromatic rings. The standard InChI is InChI=1S/C38H36N2O5/c1-44-32-20-18-29(19-21-32)27-40(31-12-6-3-7-13-31)24-25-45-33-22-16-28(17-23-33)26-36(38(42)43)39-35-15-9-8-14-34(35)37(41)30-10-4-2-5-11-30/h2-23,36,39H,24-27H2,1H3,(H,42,43). The van der Waals surface area contributed by atoms with Crippen molar-refractivity contribution >= 4 is 23.1 Å². The molecule has 7 nitrogen and oxygen atoms in total. The average Bonchev–Trinajstić information content (AvgIpc) is 3.09. The van der Waals surface area contributed by atoms with Crippen LogP contribution in [0.15, 0.2) is 133 Å². The molecule has 0 bridgehead atoms. The number of carbonyl (C=O) groups is 2. The Hall–Kier alpha value is -5.56. The van der Waals surface area contributed by atoms with Crippen LogP contribution in [0.3, 0.4) is 0 Å². The minimum absolute atomic E-state index is 0.167. The van der Waals surface area contributed by atoms with Crippen LogP contribution < -0.4 is 19.7 Å². The fraction of sp³-hybridized carbons (Fsp3) is 0.158. The van der Waals surface area contributed by atoms with Crippen LogP contribution in [0.4, 0.5) is 11.4 Å². The average molecular weight is 601 g/mol. The van der Waals surface area contributed by atoms with E-state index in [0.29, 0.717) is 35.7 Å². The molecule has 0 saturated carbocycles. The first kappa shape index (κ1) is 30.9. The van der Waals surface area contributed by atoms with E-state index in [1.54, 1.807) is 55.6 Å². The maximum atomic E-state index is 13.1. The van der Waals surface area contributed by atoms with Crippen LogP contribution in [0.2, 0.25) is 0 Å². The Morgan fingerprint density at radius 2 is 1.33 bits per heavy atom. The number of anilines is 2. The Labute approximate surface area is 263 Å². The molecule has 0 aliphatic carbocycles. The van der Waals surface area contributed by atoms with Crippen LogP contribution in [0.1, 0.15) is 27.0 Å². The van der Waals surface area contributed by atoms with Crippen molar-refractivity contribution in [1.29, 1.82) is 0 Å². The van der Waals surface area contributed by atoms with Crippen LogP contribution in [0.5, 0.6) is 11.5 Å². The Bertz CT molecular complexity index is 1670. The van der Waals surface area contributed by atoms with Gasteiger partial charge in [0.2, 0.25) is 0 Å². The quantitative estimate of drug-likeness (QED) is 0.124. The lowest BCUT2D eigenvalue weighted by Gasteiger charge is -2.25. The van der Waals surface area contributed by atoms with E-state index in [4.69, 9.17) is 9.47 Å². The van der Waals surface area contributed by atoms with Gasteiger partial charge in [-0.1, -0.05) is 84.9 Å². The predicted molar refractivity (Wildman–Crippen MR) is 177 cm³/mol. The van der Waals surface area contributed by atoms with E-state index in [9.17, 15) is 14.7 Å². The maximum Gasteiger partial charge on any atom is 0.326 e. The van der Waals surface area contributed by atoms with E-state index in [0.717, 1.165) is 29.1 Å². The first-order valence-corrected chi connectivity index (χ1v) is 14.8. The minimum atomic E-state index is -1.00. The fourth-order valence-corrected chi connectivity index (χ4v) is 5.06. The summed E-state index contributed by atoms with van der Waals surface area (Å²) in [4.78, 5) is 27.6. The normalized spacial score (nSPS) is 11.3. The van der Waals surface area contributed by atoms with Crippen molar-refractivity contribution in [2.45, 2.75) is 19.0 Å². The largest absolute Gasteiger partial charge is 0.497 e. The van der Waals surface area contributed by atoms with Crippen molar-refractivity contribution in [2.75, 3.05) is 30.5 Å². The molecule has 2 N–H and O–H groups in total. The number of nitrogens with zero attached hydrogens (tertiary/aromatic N) is 1. The molecule has 0 aliphatic heterocycles. The molecule has 0 radical (unpaired) electrons. The van der Waals surface area contributed by atoms with Crippen LogP contribution in [-0.2, 0) is 17.8 Å². The topological polar surface area (TPSA) is 88.1 Å². The molecule has 0 saturated heterocycles. The van der Waals surface area contributed by atoms with Crippen molar-refractivity contribution in [1.82, 2.24) is 0 Å². The lowest BCUT2D eigenvalue weighted by molar-refractivity contribution is -0.137. The number of aliphatic carboxylic acids is 1. The first-order valence-electron chi connectivity index (χ1n) is 14.8. The number of ether oxygens (including phenoxy) is 2. The summed E-state index contributed by atoms with van der Waals surface area (Å²) in [6.45, 7) is 1.86. The predicted octanol–water partition coefficient (Wildman–Crippen LogP) is 7.12. The highest BCUT2D eigenvalue weighted by Crippen LogP contribution is 2.23. The van der Waals surface area contributed by atoms with Gasteiger partial charge >= 0.3 is 5.97 Å². The van der Waals surface area contributed by atoms with E-state index in [-0.39, 0.29) is 12.2 Å². The highest BCUT2D eigenvalue weighted by molar-refractivity contribution is 6.12. The van der Waals surface area contributed by atoms with Crippen LogP contribution in [0, 0.1) is 0 Å². The van der Waals surface area contributed by atoms with Crippen molar-refractivity contribution in [3.05, 3.63) is 156 Å². The Kier molecular flexibility index (Phi) is 10.5. The lowest BCUT2D eigenvalue weighted by atomic mass is 10.00. The molecule has 0 heterocycles. The third kappa shape index (κ3) is 8.51. The number of ketones is 1. The Morgan fingerprint density at radius 1 is 0.733 bits per heavy atom. The number of carbonyl (C=O) groups excluding carboxylic acids is 1. The van der Waals surface area contributed by atoms with Crippen LogP contribution in [-0.4, -0.2) is 43.2 Å². The number of nitrogens with one attached hydrogen (secondary N) is 1. The summed E-state index contributed by atoms with van der Waals surface area (Å²) < 4.78 is 11.4. The van der Waals surface area contributed by atoms with Gasteiger partial charge in [-0.15, -0.1) is 0 Å². The lowest BCUT2D eigenvalue weighted by Crippen LogP contribution is -2.32. The molecule has 228 valence electrons. The molecule has 7 heteroatoms. The molecule has 5 rings (SSSR count). The minimum Gasteiger partial charge on any atom is -0.497 e. The number of rotatable bonds is 15. The van der Waals surface area contributed by atoms with Gasteiger partial charge in [-0.25, -0.2) is 4.79 Å². The second kappa shape index (κ2) is 15.3. The SMILES string of the molecule is COc1ccc(CN(CCOc2ccc(CC(Nc3ccccc3C(=O)c3ccccc3)C(=O)O)cc2)c2ccccc2)cc1. The second-order valence-electron chi connectivity index (χ2n) is 10.6. The third-order valence-electron chi connectivity index (χ3n) is 7.48. The van der Waals surface area contributed by atoms with Crippen molar-refractivity contribution < 1.29 is 24.2 Å². The molecule has 0 aliphatic rings. The summed E-state index contributed by atoms with van der Waals surface area (Å²) in [5, 5.41) is 13.1. The van der Waals surface area contributed by atoms with Gasteiger partial charge in [-0.3, -0.25) is 4.79 Å². The van der Waals surface area contributed by atoms with Gasteiger partial charge in [0.25, 0.3) is 0 Å². The summed E-state index contributed by atoms with van der Waals surface area (Å²) >= 11 is 0. The zero-order valence-corrected chi connectivity index (χ0v) is 25.1. The zero-order chi connectivity index (χ0) is 31.4. The maximum absolute atomic E-state index is 13.1. The molecular weight excluding hydrogens is 564 g/mol. The van der Waals surface area contributed by atoms with Gasteiger partial charge in [0.05, 0.1) is 13.7 Å². The smallest absolute Gasteiger partial charge is 0.326 e. The van der Waals surface area contributed by atoms with E-state index >= 15 is 0 Å². The Balaban J connectivity index is 1.20. The third-order valence-corrected chi connectivity index (χ3v) is 7.48. The van der Waals surface area contributed by atoms with Gasteiger partial charge < -0.3 is 24.8 Å². The molecule has 1 atom stereocenters. The van der Waals surface area contributed by atoms with Gasteiger partial charge in [-0.2, -0.15) is 0 Å². The molecule has 0 amide bonds. The monoisotopic (exact) mass is 600 g/mol. The Morgan fingerprint density at radius 3 is 2.00 bits per heavy atom. The second-order valence-corrected chi connectivity index (χ2v) is 10.6. The van der Waals surface area contributed by atoms with Crippen LogP contribution in [0.25, 0.3) is 0 Å². The summed E-state index contributed by atoms with van der Waals surface area (Å²) in [6, 6.07) is 40.7. The molecular formula is C38H36N2O5. The van der Waals surface area contributed by atoms with Gasteiger partial charge in [-0.05, 0) is 59.7 Å². The van der Waals surface area contributed by atoms with E-state index in [1.807, 2.05) is 60.7 Å². The number of hydrogen-bond donors (Lipinski definition) is 2. The van der Waals surface area contributed by atoms with E-state index in [2.05, 4.69) is 34.5 Å². The molecule has 0 aromatic heterocycles. The van der Waals surface area contributed by atoms with Crippen molar-refractivity contribution in [3.8, 4) is 11.5 Å². The van der Waals surface area contributed by atoms with E-state index in [1.165, 1.54) is 0 Å². The van der Waals surface area contributed by atoms with E-state index < -0.39 is 12.0 Å². The van der Waals surface area contributed by atoms with Crippen molar-refractivity contribution in [2.24, 2.45) is 0 Å². The summed E-state index contributed by atoms with van der Waals surface area (Å²) in [5.41, 5.74) is 4.55. The summed E-state index contributed by atoms with van der Waals surface area (Å²) in [5.74, 6) is 0.356. The van der Waals surface area contributed by atoms with Gasteiger partial charge in [0.1, 0.15) is 24.1 Å². The molecule has 45 heavy (non-hydrogen) atoms. The fourth-order valence-electron chi connectivity index (χ4n) is 5.06. The number of para-hydroxylation sites is 2. The van der Waals surface area contributed by atoms with Gasteiger partial charge in [0, 0.05) is 35.5 Å². The summed E-state index contributed by atoms with van der Waals surface area (Å²) in [7, 11) is 1.66. The molecule has 0 spiro atoms. The number of methoxy groups -OCH3 is 1. The highest BCUT2D eigenvalue weighted by Gasteiger charge is 2.21. The molecule has 1 unspecified atom stereocenters.